The van der Waals surface area contributed by atoms with Crippen LogP contribution in [0.25, 0.3) is 0 Å². The number of carbonyl (C=O) groups is 1. The molecule has 0 bridgehead atoms. The highest BCUT2D eigenvalue weighted by molar-refractivity contribution is 5.92. The second kappa shape index (κ2) is 10.2. The second-order valence-corrected chi connectivity index (χ2v) is 5.64. The van der Waals surface area contributed by atoms with E-state index in [9.17, 15) is 4.79 Å². The van der Waals surface area contributed by atoms with Crippen molar-refractivity contribution in [2.24, 2.45) is 5.73 Å². The van der Waals surface area contributed by atoms with Crippen LogP contribution in [-0.2, 0) is 17.6 Å². The van der Waals surface area contributed by atoms with Gasteiger partial charge in [-0.3, -0.25) is 0 Å². The standard InChI is InChI=1S/C18H30N2O2/c1-3-5-8-15-14(9-7-12-19)16(10-11-17(15)20)18(21)22-13-6-4-2/h10-11H,3-9,12-13,19-20H2,1-2H3. The average molecular weight is 306 g/mol. The minimum Gasteiger partial charge on any atom is -0.462 e. The smallest absolute Gasteiger partial charge is 0.338 e. The number of esters is 1. The van der Waals surface area contributed by atoms with E-state index >= 15 is 0 Å². The molecule has 1 rings (SSSR count). The molecule has 0 amide bonds. The number of rotatable bonds is 10. The Morgan fingerprint density at radius 3 is 2.36 bits per heavy atom. The highest BCUT2D eigenvalue weighted by Crippen LogP contribution is 2.25. The first-order valence-electron chi connectivity index (χ1n) is 8.43. The van der Waals surface area contributed by atoms with Crippen LogP contribution in [-0.4, -0.2) is 19.1 Å². The Hall–Kier alpha value is -1.55. The monoisotopic (exact) mass is 306 g/mol. The van der Waals surface area contributed by atoms with Crippen LogP contribution in [0.1, 0.15) is 67.4 Å². The summed E-state index contributed by atoms with van der Waals surface area (Å²) in [7, 11) is 0. The summed E-state index contributed by atoms with van der Waals surface area (Å²) in [5.74, 6) is -0.238. The molecule has 1 aromatic carbocycles. The van der Waals surface area contributed by atoms with Crippen molar-refractivity contribution in [2.45, 2.75) is 58.8 Å². The van der Waals surface area contributed by atoms with E-state index in [1.54, 1.807) is 6.07 Å². The first kappa shape index (κ1) is 18.5. The van der Waals surface area contributed by atoms with E-state index < -0.39 is 0 Å². The molecule has 0 heterocycles. The second-order valence-electron chi connectivity index (χ2n) is 5.64. The fourth-order valence-corrected chi connectivity index (χ4v) is 2.50. The Morgan fingerprint density at radius 2 is 1.73 bits per heavy atom. The zero-order valence-electron chi connectivity index (χ0n) is 14.0. The van der Waals surface area contributed by atoms with Gasteiger partial charge in [0.05, 0.1) is 12.2 Å². The maximum atomic E-state index is 12.3. The van der Waals surface area contributed by atoms with Crippen LogP contribution in [0.5, 0.6) is 0 Å². The molecule has 0 aromatic heterocycles. The molecule has 0 aliphatic heterocycles. The van der Waals surface area contributed by atoms with Crippen molar-refractivity contribution in [3.8, 4) is 0 Å². The molecule has 4 heteroatoms. The van der Waals surface area contributed by atoms with Crippen molar-refractivity contribution >= 4 is 11.7 Å². The highest BCUT2D eigenvalue weighted by atomic mass is 16.5. The number of ether oxygens (including phenoxy) is 1. The number of carbonyl (C=O) groups excluding carboxylic acids is 1. The lowest BCUT2D eigenvalue weighted by Gasteiger charge is -2.16. The van der Waals surface area contributed by atoms with Crippen LogP contribution in [0.2, 0.25) is 0 Å². The van der Waals surface area contributed by atoms with Gasteiger partial charge in [0.25, 0.3) is 0 Å². The maximum absolute atomic E-state index is 12.3. The number of hydrogen-bond acceptors (Lipinski definition) is 4. The van der Waals surface area contributed by atoms with Gasteiger partial charge < -0.3 is 16.2 Å². The average Bonchev–Trinajstić information content (AvgIpc) is 2.52. The van der Waals surface area contributed by atoms with Gasteiger partial charge in [-0.05, 0) is 61.9 Å². The quantitative estimate of drug-likeness (QED) is 0.394. The van der Waals surface area contributed by atoms with E-state index in [2.05, 4.69) is 13.8 Å². The number of anilines is 1. The number of nitrogens with two attached hydrogens (primary N) is 2. The predicted molar refractivity (Wildman–Crippen MR) is 92.0 cm³/mol. The summed E-state index contributed by atoms with van der Waals surface area (Å²) in [6, 6.07) is 3.62. The van der Waals surface area contributed by atoms with E-state index in [0.717, 1.165) is 61.8 Å². The molecular formula is C18H30N2O2. The zero-order valence-corrected chi connectivity index (χ0v) is 14.0. The van der Waals surface area contributed by atoms with Gasteiger partial charge in [0.1, 0.15) is 0 Å². The van der Waals surface area contributed by atoms with Crippen molar-refractivity contribution < 1.29 is 9.53 Å². The van der Waals surface area contributed by atoms with Crippen molar-refractivity contribution in [1.82, 2.24) is 0 Å². The minimum absolute atomic E-state index is 0.238. The van der Waals surface area contributed by atoms with Crippen LogP contribution in [0, 0.1) is 0 Å². The number of benzene rings is 1. The van der Waals surface area contributed by atoms with Crippen molar-refractivity contribution in [1.29, 1.82) is 0 Å². The van der Waals surface area contributed by atoms with Crippen molar-refractivity contribution in [3.05, 3.63) is 28.8 Å². The lowest BCUT2D eigenvalue weighted by molar-refractivity contribution is 0.0498. The van der Waals surface area contributed by atoms with Crippen LogP contribution in [0.15, 0.2) is 12.1 Å². The first-order chi connectivity index (χ1) is 10.7. The molecule has 0 unspecified atom stereocenters. The van der Waals surface area contributed by atoms with E-state index in [-0.39, 0.29) is 5.97 Å². The van der Waals surface area contributed by atoms with Gasteiger partial charge in [-0.15, -0.1) is 0 Å². The van der Waals surface area contributed by atoms with E-state index in [4.69, 9.17) is 16.2 Å². The van der Waals surface area contributed by atoms with Gasteiger partial charge in [-0.2, -0.15) is 0 Å². The molecule has 124 valence electrons. The topological polar surface area (TPSA) is 78.3 Å². The lowest BCUT2D eigenvalue weighted by atomic mass is 9.92. The Labute approximate surface area is 134 Å². The lowest BCUT2D eigenvalue weighted by Crippen LogP contribution is -2.14. The largest absolute Gasteiger partial charge is 0.462 e. The summed E-state index contributed by atoms with van der Waals surface area (Å²) in [6.45, 7) is 5.30. The number of hydrogen-bond donors (Lipinski definition) is 2. The van der Waals surface area contributed by atoms with Crippen molar-refractivity contribution in [2.75, 3.05) is 18.9 Å². The Kier molecular flexibility index (Phi) is 8.60. The SMILES string of the molecule is CCCCOC(=O)c1ccc(N)c(CCCC)c1CCCN. The molecule has 22 heavy (non-hydrogen) atoms. The molecule has 0 fully saturated rings. The Morgan fingerprint density at radius 1 is 1.05 bits per heavy atom. The van der Waals surface area contributed by atoms with Gasteiger partial charge in [0, 0.05) is 5.69 Å². The summed E-state index contributed by atoms with van der Waals surface area (Å²) >= 11 is 0. The first-order valence-corrected chi connectivity index (χ1v) is 8.43. The summed E-state index contributed by atoms with van der Waals surface area (Å²) in [5.41, 5.74) is 15.3. The molecule has 4 N–H and O–H groups in total. The van der Waals surface area contributed by atoms with Crippen LogP contribution < -0.4 is 11.5 Å². The molecule has 0 atom stereocenters. The predicted octanol–water partition coefficient (Wildman–Crippen LogP) is 3.46. The molecule has 4 nitrogen and oxygen atoms in total. The van der Waals surface area contributed by atoms with E-state index in [0.29, 0.717) is 18.7 Å². The Balaban J connectivity index is 3.04. The molecule has 0 saturated heterocycles. The third kappa shape index (κ3) is 5.34. The molecule has 0 aliphatic rings. The van der Waals surface area contributed by atoms with Crippen LogP contribution >= 0.6 is 0 Å². The summed E-state index contributed by atoms with van der Waals surface area (Å²) in [5, 5.41) is 0. The summed E-state index contributed by atoms with van der Waals surface area (Å²) in [4.78, 5) is 12.3. The normalized spacial score (nSPS) is 10.7. The molecule has 0 saturated carbocycles. The van der Waals surface area contributed by atoms with Gasteiger partial charge >= 0.3 is 5.97 Å². The highest BCUT2D eigenvalue weighted by Gasteiger charge is 2.17. The molecule has 1 aromatic rings. The molecule has 0 aliphatic carbocycles. The fraction of sp³-hybridized carbons (Fsp3) is 0.611. The van der Waals surface area contributed by atoms with Crippen LogP contribution in [0.3, 0.4) is 0 Å². The summed E-state index contributed by atoms with van der Waals surface area (Å²) < 4.78 is 5.38. The Bertz CT molecular complexity index is 472. The fourth-order valence-electron chi connectivity index (χ4n) is 2.50. The zero-order chi connectivity index (χ0) is 16.4. The summed E-state index contributed by atoms with van der Waals surface area (Å²) in [6.07, 6.45) is 6.59. The van der Waals surface area contributed by atoms with Crippen molar-refractivity contribution in [3.63, 3.8) is 0 Å². The minimum atomic E-state index is -0.238. The van der Waals surface area contributed by atoms with Gasteiger partial charge in [0.2, 0.25) is 0 Å². The van der Waals surface area contributed by atoms with Gasteiger partial charge in [-0.1, -0.05) is 26.7 Å². The van der Waals surface area contributed by atoms with Gasteiger partial charge in [-0.25, -0.2) is 4.79 Å². The maximum Gasteiger partial charge on any atom is 0.338 e. The third-order valence-corrected chi connectivity index (χ3v) is 3.83. The third-order valence-electron chi connectivity index (χ3n) is 3.83. The molecular weight excluding hydrogens is 276 g/mol. The molecule has 0 radical (unpaired) electrons. The van der Waals surface area contributed by atoms with Gasteiger partial charge in [0.15, 0.2) is 0 Å². The molecule has 0 spiro atoms. The van der Waals surface area contributed by atoms with E-state index in [1.807, 2.05) is 6.07 Å². The van der Waals surface area contributed by atoms with E-state index in [1.165, 1.54) is 0 Å². The number of unbranched alkanes of at least 4 members (excludes halogenated alkanes) is 2. The van der Waals surface area contributed by atoms with Crippen LogP contribution in [0.4, 0.5) is 5.69 Å². The number of nitrogen functional groups attached to an aromatic ring is 1.